The van der Waals surface area contributed by atoms with Crippen LogP contribution in [0.5, 0.6) is 5.75 Å². The summed E-state index contributed by atoms with van der Waals surface area (Å²) >= 11 is 12.1. The number of halogens is 2. The Morgan fingerprint density at radius 3 is 2.41 bits per heavy atom. The molecule has 2 aromatic carbocycles. The molecule has 1 unspecified atom stereocenters. The number of rotatable bonds is 5. The zero-order valence-electron chi connectivity index (χ0n) is 16.3. The van der Waals surface area contributed by atoms with Gasteiger partial charge in [0, 0.05) is 26.2 Å². The number of para-hydroxylation sites is 2. The van der Waals surface area contributed by atoms with Gasteiger partial charge >= 0.3 is 0 Å². The molecule has 154 valence electrons. The summed E-state index contributed by atoms with van der Waals surface area (Å²) < 4.78 is 5.43. The minimum Gasteiger partial charge on any atom is -0.495 e. The molecule has 1 fully saturated rings. The zero-order chi connectivity index (χ0) is 21.0. The fraction of sp³-hybridized carbons (Fsp3) is 0.333. The van der Waals surface area contributed by atoms with E-state index in [2.05, 4.69) is 10.2 Å². The molecule has 8 heteroatoms. The fourth-order valence-corrected chi connectivity index (χ4v) is 3.73. The van der Waals surface area contributed by atoms with E-state index in [0.717, 1.165) is 11.4 Å². The maximum absolute atomic E-state index is 12.8. The predicted molar refractivity (Wildman–Crippen MR) is 115 cm³/mol. The lowest BCUT2D eigenvalue weighted by molar-refractivity contribution is -0.133. The fourth-order valence-electron chi connectivity index (χ4n) is 3.35. The number of nitrogens with one attached hydrogen (secondary N) is 1. The molecule has 1 atom stereocenters. The Morgan fingerprint density at radius 2 is 1.72 bits per heavy atom. The third-order valence-electron chi connectivity index (χ3n) is 4.93. The minimum atomic E-state index is -0.671. The average molecular weight is 436 g/mol. The van der Waals surface area contributed by atoms with Gasteiger partial charge in [-0.05, 0) is 31.2 Å². The average Bonchev–Trinajstić information content (AvgIpc) is 2.75. The lowest BCUT2D eigenvalue weighted by Crippen LogP contribution is -2.54. The summed E-state index contributed by atoms with van der Waals surface area (Å²) in [4.78, 5) is 29.2. The molecule has 1 N–H and O–H groups in total. The van der Waals surface area contributed by atoms with Gasteiger partial charge in [-0.2, -0.15) is 0 Å². The second-order valence-electron chi connectivity index (χ2n) is 6.78. The van der Waals surface area contributed by atoms with Crippen molar-refractivity contribution in [1.82, 2.24) is 10.2 Å². The highest BCUT2D eigenvalue weighted by Gasteiger charge is 2.27. The smallest absolute Gasteiger partial charge is 0.253 e. The lowest BCUT2D eigenvalue weighted by Gasteiger charge is -2.37. The van der Waals surface area contributed by atoms with Crippen LogP contribution < -0.4 is 15.0 Å². The van der Waals surface area contributed by atoms with Gasteiger partial charge in [-0.1, -0.05) is 41.4 Å². The third-order valence-corrected chi connectivity index (χ3v) is 5.75. The number of hydrogen-bond acceptors (Lipinski definition) is 4. The standard InChI is InChI=1S/C21H23Cl2N3O3/c1-14(24-20(27)15-6-5-7-16(22)19(15)23)21(28)26-12-10-25(11-13-26)17-8-3-4-9-18(17)29-2/h3-9,14H,10-13H2,1-2H3,(H,24,27). The molecule has 29 heavy (non-hydrogen) atoms. The lowest BCUT2D eigenvalue weighted by atomic mass is 10.1. The second-order valence-corrected chi connectivity index (χ2v) is 7.57. The van der Waals surface area contributed by atoms with Crippen LogP contribution in [0.2, 0.25) is 10.0 Å². The van der Waals surface area contributed by atoms with Crippen molar-refractivity contribution in [3.63, 3.8) is 0 Å². The molecule has 6 nitrogen and oxygen atoms in total. The first-order valence-electron chi connectivity index (χ1n) is 9.34. The van der Waals surface area contributed by atoms with Crippen LogP contribution >= 0.6 is 23.2 Å². The van der Waals surface area contributed by atoms with Crippen LogP contribution in [0.3, 0.4) is 0 Å². The van der Waals surface area contributed by atoms with Crippen molar-refractivity contribution in [3.8, 4) is 5.75 Å². The van der Waals surface area contributed by atoms with E-state index < -0.39 is 11.9 Å². The molecule has 0 aliphatic carbocycles. The normalized spacial score (nSPS) is 15.0. The van der Waals surface area contributed by atoms with Gasteiger partial charge in [-0.15, -0.1) is 0 Å². The van der Waals surface area contributed by atoms with Crippen LogP contribution in [0, 0.1) is 0 Å². The summed E-state index contributed by atoms with van der Waals surface area (Å²) in [7, 11) is 1.65. The van der Waals surface area contributed by atoms with Crippen LogP contribution in [0.4, 0.5) is 5.69 Å². The number of carbonyl (C=O) groups is 2. The number of piperazine rings is 1. The van der Waals surface area contributed by atoms with Crippen LogP contribution in [0.15, 0.2) is 42.5 Å². The van der Waals surface area contributed by atoms with Crippen molar-refractivity contribution in [2.24, 2.45) is 0 Å². The molecule has 3 rings (SSSR count). The SMILES string of the molecule is COc1ccccc1N1CCN(C(=O)C(C)NC(=O)c2cccc(Cl)c2Cl)CC1. The largest absolute Gasteiger partial charge is 0.495 e. The Balaban J connectivity index is 1.59. The molecule has 2 amide bonds. The molecular weight excluding hydrogens is 413 g/mol. The van der Waals surface area contributed by atoms with Gasteiger partial charge in [-0.25, -0.2) is 0 Å². The number of hydrogen-bond donors (Lipinski definition) is 1. The molecule has 2 aromatic rings. The molecule has 1 saturated heterocycles. The Kier molecular flexibility index (Phi) is 6.87. The van der Waals surface area contributed by atoms with Crippen molar-refractivity contribution in [2.75, 3.05) is 38.2 Å². The highest BCUT2D eigenvalue weighted by Crippen LogP contribution is 2.28. The summed E-state index contributed by atoms with van der Waals surface area (Å²) in [6, 6.07) is 12.0. The third kappa shape index (κ3) is 4.77. The number of amides is 2. The minimum absolute atomic E-state index is 0.129. The molecular formula is C21H23Cl2N3O3. The number of anilines is 1. The van der Waals surface area contributed by atoms with E-state index in [1.165, 1.54) is 0 Å². The molecule has 0 bridgehead atoms. The van der Waals surface area contributed by atoms with Crippen molar-refractivity contribution in [2.45, 2.75) is 13.0 Å². The van der Waals surface area contributed by atoms with E-state index >= 15 is 0 Å². The Bertz CT molecular complexity index is 898. The monoisotopic (exact) mass is 435 g/mol. The molecule has 0 radical (unpaired) electrons. The van der Waals surface area contributed by atoms with E-state index in [1.807, 2.05) is 24.3 Å². The molecule has 1 heterocycles. The van der Waals surface area contributed by atoms with Gasteiger partial charge in [-0.3, -0.25) is 9.59 Å². The quantitative estimate of drug-likeness (QED) is 0.780. The number of ether oxygens (including phenoxy) is 1. The van der Waals surface area contributed by atoms with E-state index in [9.17, 15) is 9.59 Å². The van der Waals surface area contributed by atoms with Gasteiger partial charge in [0.25, 0.3) is 5.91 Å². The topological polar surface area (TPSA) is 61.9 Å². The number of benzene rings is 2. The van der Waals surface area contributed by atoms with E-state index in [0.29, 0.717) is 31.2 Å². The van der Waals surface area contributed by atoms with Gasteiger partial charge in [0.05, 0.1) is 28.4 Å². The molecule has 1 aliphatic rings. The van der Waals surface area contributed by atoms with E-state index in [-0.39, 0.29) is 16.5 Å². The van der Waals surface area contributed by atoms with Crippen molar-refractivity contribution >= 4 is 40.7 Å². The summed E-state index contributed by atoms with van der Waals surface area (Å²) in [5, 5.41) is 3.19. The molecule has 0 spiro atoms. The summed E-state index contributed by atoms with van der Waals surface area (Å²) in [5.74, 6) is 0.258. The maximum Gasteiger partial charge on any atom is 0.253 e. The van der Waals surface area contributed by atoms with Crippen molar-refractivity contribution < 1.29 is 14.3 Å². The van der Waals surface area contributed by atoms with Crippen molar-refractivity contribution in [1.29, 1.82) is 0 Å². The van der Waals surface area contributed by atoms with Crippen LogP contribution in [0.1, 0.15) is 17.3 Å². The molecule has 0 saturated carbocycles. The van der Waals surface area contributed by atoms with Crippen LogP contribution in [-0.2, 0) is 4.79 Å². The zero-order valence-corrected chi connectivity index (χ0v) is 17.8. The van der Waals surface area contributed by atoms with Gasteiger partial charge < -0.3 is 19.9 Å². The Hall–Kier alpha value is -2.44. The predicted octanol–water partition coefficient (Wildman–Crippen LogP) is 3.47. The first kappa shape index (κ1) is 21.3. The maximum atomic E-state index is 12.8. The van der Waals surface area contributed by atoms with E-state index in [1.54, 1.807) is 37.1 Å². The summed E-state index contributed by atoms with van der Waals surface area (Å²) in [5.41, 5.74) is 1.26. The van der Waals surface area contributed by atoms with Gasteiger partial charge in [0.15, 0.2) is 0 Å². The number of carbonyl (C=O) groups excluding carboxylic acids is 2. The molecule has 1 aliphatic heterocycles. The Labute approximate surface area is 180 Å². The first-order valence-corrected chi connectivity index (χ1v) is 10.1. The van der Waals surface area contributed by atoms with Gasteiger partial charge in [0.1, 0.15) is 11.8 Å². The Morgan fingerprint density at radius 1 is 1.03 bits per heavy atom. The van der Waals surface area contributed by atoms with Crippen molar-refractivity contribution in [3.05, 3.63) is 58.1 Å². The van der Waals surface area contributed by atoms with Crippen LogP contribution in [0.25, 0.3) is 0 Å². The van der Waals surface area contributed by atoms with E-state index in [4.69, 9.17) is 27.9 Å². The molecule has 0 aromatic heterocycles. The van der Waals surface area contributed by atoms with Gasteiger partial charge in [0.2, 0.25) is 5.91 Å². The highest BCUT2D eigenvalue weighted by molar-refractivity contribution is 6.43. The summed E-state index contributed by atoms with van der Waals surface area (Å²) in [6.45, 7) is 4.18. The highest BCUT2D eigenvalue weighted by atomic mass is 35.5. The first-order chi connectivity index (χ1) is 13.9. The summed E-state index contributed by atoms with van der Waals surface area (Å²) in [6.07, 6.45) is 0. The van der Waals surface area contributed by atoms with Crippen LogP contribution in [-0.4, -0.2) is 56.0 Å². The second kappa shape index (κ2) is 9.37. The number of nitrogens with zero attached hydrogens (tertiary/aromatic N) is 2. The number of methoxy groups -OCH3 is 1.